The van der Waals surface area contributed by atoms with Crippen LogP contribution in [0.15, 0.2) is 63.6 Å². The summed E-state index contributed by atoms with van der Waals surface area (Å²) in [6.07, 6.45) is 1.71. The number of hydrogen-bond acceptors (Lipinski definition) is 3. The highest BCUT2D eigenvalue weighted by molar-refractivity contribution is 9.10. The third-order valence-corrected chi connectivity index (χ3v) is 4.15. The zero-order valence-corrected chi connectivity index (χ0v) is 13.0. The molecule has 2 heterocycles. The highest BCUT2D eigenvalue weighted by atomic mass is 79.9. The summed E-state index contributed by atoms with van der Waals surface area (Å²) in [5.74, 6) is 0.0501. The van der Waals surface area contributed by atoms with E-state index in [1.54, 1.807) is 18.3 Å². The molecule has 0 atom stereocenters. The van der Waals surface area contributed by atoms with Crippen molar-refractivity contribution >= 4 is 49.4 Å². The van der Waals surface area contributed by atoms with Crippen molar-refractivity contribution in [2.45, 2.75) is 0 Å². The van der Waals surface area contributed by atoms with Crippen molar-refractivity contribution in [1.82, 2.24) is 4.57 Å². The van der Waals surface area contributed by atoms with E-state index in [1.807, 2.05) is 36.4 Å². The van der Waals surface area contributed by atoms with E-state index >= 15 is 0 Å². The van der Waals surface area contributed by atoms with Gasteiger partial charge < -0.3 is 10.2 Å². The Bertz CT molecular complexity index is 1030. The number of halogens is 1. The van der Waals surface area contributed by atoms with E-state index in [4.69, 9.17) is 10.2 Å². The second-order valence-corrected chi connectivity index (χ2v) is 5.98. The molecule has 0 aliphatic heterocycles. The number of carbonyl (C=O) groups is 1. The molecule has 2 aromatic heterocycles. The van der Waals surface area contributed by atoms with Crippen molar-refractivity contribution in [2.24, 2.45) is 0 Å². The summed E-state index contributed by atoms with van der Waals surface area (Å²) in [6.45, 7) is 0. The molecule has 0 amide bonds. The minimum absolute atomic E-state index is 0.236. The van der Waals surface area contributed by atoms with E-state index in [2.05, 4.69) is 15.9 Å². The summed E-state index contributed by atoms with van der Waals surface area (Å²) in [7, 11) is 0. The Morgan fingerprint density at radius 1 is 1.09 bits per heavy atom. The molecular weight excluding hydrogens is 344 g/mol. The maximum absolute atomic E-state index is 12.7. The molecule has 4 rings (SSSR count). The van der Waals surface area contributed by atoms with Crippen molar-refractivity contribution in [1.29, 1.82) is 0 Å². The fraction of sp³-hybridized carbons (Fsp3) is 0. The Labute approximate surface area is 134 Å². The Hall–Kier alpha value is -2.53. The second-order valence-electron chi connectivity index (χ2n) is 5.07. The molecule has 108 valence electrons. The fourth-order valence-electron chi connectivity index (χ4n) is 2.62. The van der Waals surface area contributed by atoms with Crippen LogP contribution in [0.25, 0.3) is 21.9 Å². The molecule has 0 saturated heterocycles. The molecule has 5 heteroatoms. The predicted octanol–water partition coefficient (Wildman–Crippen LogP) is 4.42. The van der Waals surface area contributed by atoms with Gasteiger partial charge >= 0.3 is 0 Å². The first kappa shape index (κ1) is 13.2. The van der Waals surface area contributed by atoms with Gasteiger partial charge in [-0.2, -0.15) is 0 Å². The number of nitrogen functional groups attached to an aromatic ring is 1. The van der Waals surface area contributed by atoms with Gasteiger partial charge in [-0.1, -0.05) is 28.1 Å². The first-order valence-electron chi connectivity index (χ1n) is 6.73. The zero-order valence-electron chi connectivity index (χ0n) is 11.4. The number of rotatable bonds is 1. The van der Waals surface area contributed by atoms with E-state index in [0.29, 0.717) is 16.8 Å². The van der Waals surface area contributed by atoms with E-state index in [1.165, 1.54) is 4.57 Å². The second kappa shape index (κ2) is 4.74. The summed E-state index contributed by atoms with van der Waals surface area (Å²) in [6, 6.07) is 14.8. The molecule has 22 heavy (non-hydrogen) atoms. The SMILES string of the molecule is Nc1cccc2ccn(C(=O)c3cc4ccc(Br)cc4o3)c12. The maximum Gasteiger partial charge on any atom is 0.298 e. The monoisotopic (exact) mass is 354 g/mol. The number of nitrogens with zero attached hydrogens (tertiary/aromatic N) is 1. The lowest BCUT2D eigenvalue weighted by Crippen LogP contribution is -2.10. The number of fused-ring (bicyclic) bond motifs is 2. The van der Waals surface area contributed by atoms with Gasteiger partial charge in [-0.05, 0) is 36.4 Å². The smallest absolute Gasteiger partial charge is 0.298 e. The highest BCUT2D eigenvalue weighted by Gasteiger charge is 2.17. The molecule has 2 N–H and O–H groups in total. The molecule has 0 spiro atoms. The molecule has 4 nitrogen and oxygen atoms in total. The summed E-state index contributed by atoms with van der Waals surface area (Å²) in [4.78, 5) is 12.7. The molecule has 2 aromatic carbocycles. The Morgan fingerprint density at radius 2 is 1.95 bits per heavy atom. The lowest BCUT2D eigenvalue weighted by molar-refractivity contribution is 0.0940. The largest absolute Gasteiger partial charge is 0.451 e. The van der Waals surface area contributed by atoms with Crippen LogP contribution < -0.4 is 5.73 Å². The normalized spacial score (nSPS) is 11.3. The van der Waals surface area contributed by atoms with Gasteiger partial charge in [0.1, 0.15) is 5.58 Å². The standard InChI is InChI=1S/C17H11BrN2O2/c18-12-5-4-11-8-15(22-14(11)9-12)17(21)20-7-6-10-2-1-3-13(19)16(10)20/h1-9H,19H2. The van der Waals surface area contributed by atoms with Crippen LogP contribution in [0.5, 0.6) is 0 Å². The predicted molar refractivity (Wildman–Crippen MR) is 90.0 cm³/mol. The Morgan fingerprint density at radius 3 is 2.82 bits per heavy atom. The summed E-state index contributed by atoms with van der Waals surface area (Å²) in [5, 5.41) is 1.81. The summed E-state index contributed by atoms with van der Waals surface area (Å²) in [5.41, 5.74) is 7.94. The van der Waals surface area contributed by atoms with Crippen molar-refractivity contribution in [3.05, 3.63) is 65.0 Å². The first-order chi connectivity index (χ1) is 10.6. The Kier molecular flexibility index (Phi) is 2.84. The zero-order chi connectivity index (χ0) is 15.3. The van der Waals surface area contributed by atoms with Crippen LogP contribution in [0, 0.1) is 0 Å². The molecule has 0 bridgehead atoms. The van der Waals surface area contributed by atoms with Gasteiger partial charge in [-0.15, -0.1) is 0 Å². The van der Waals surface area contributed by atoms with Crippen LogP contribution in [0.3, 0.4) is 0 Å². The van der Waals surface area contributed by atoms with Crippen LogP contribution in [0.2, 0.25) is 0 Å². The van der Waals surface area contributed by atoms with Crippen LogP contribution in [-0.4, -0.2) is 10.5 Å². The van der Waals surface area contributed by atoms with Crippen molar-refractivity contribution in [3.63, 3.8) is 0 Å². The van der Waals surface area contributed by atoms with Gasteiger partial charge in [0, 0.05) is 21.4 Å². The van der Waals surface area contributed by atoms with Crippen molar-refractivity contribution in [2.75, 3.05) is 5.73 Å². The number of carbonyl (C=O) groups excluding carboxylic acids is 1. The first-order valence-corrected chi connectivity index (χ1v) is 7.52. The number of benzene rings is 2. The topological polar surface area (TPSA) is 61.2 Å². The number of hydrogen-bond donors (Lipinski definition) is 1. The van der Waals surface area contributed by atoms with Crippen molar-refractivity contribution in [3.8, 4) is 0 Å². The average molecular weight is 355 g/mol. The van der Waals surface area contributed by atoms with Gasteiger partial charge in [-0.3, -0.25) is 9.36 Å². The number of nitrogens with two attached hydrogens (primary N) is 1. The quantitative estimate of drug-likeness (QED) is 0.514. The maximum atomic E-state index is 12.7. The van der Waals surface area contributed by atoms with E-state index in [0.717, 1.165) is 15.2 Å². The molecule has 0 saturated carbocycles. The van der Waals surface area contributed by atoms with Crippen LogP contribution >= 0.6 is 15.9 Å². The average Bonchev–Trinajstić information content (AvgIpc) is 3.10. The van der Waals surface area contributed by atoms with Gasteiger partial charge in [0.15, 0.2) is 5.76 Å². The van der Waals surface area contributed by atoms with Gasteiger partial charge in [0.05, 0.1) is 11.2 Å². The summed E-state index contributed by atoms with van der Waals surface area (Å²) < 4.78 is 8.11. The molecule has 0 aliphatic rings. The summed E-state index contributed by atoms with van der Waals surface area (Å²) >= 11 is 3.39. The number of anilines is 1. The van der Waals surface area contributed by atoms with E-state index in [9.17, 15) is 4.79 Å². The number of aromatic nitrogens is 1. The van der Waals surface area contributed by atoms with Gasteiger partial charge in [0.25, 0.3) is 5.91 Å². The highest BCUT2D eigenvalue weighted by Crippen LogP contribution is 2.26. The minimum Gasteiger partial charge on any atom is -0.451 e. The third kappa shape index (κ3) is 1.94. The lowest BCUT2D eigenvalue weighted by atomic mass is 10.2. The van der Waals surface area contributed by atoms with Gasteiger partial charge in [0.2, 0.25) is 0 Å². The third-order valence-electron chi connectivity index (χ3n) is 3.65. The van der Waals surface area contributed by atoms with Crippen molar-refractivity contribution < 1.29 is 9.21 Å². The Balaban J connectivity index is 1.88. The van der Waals surface area contributed by atoms with E-state index in [-0.39, 0.29) is 11.7 Å². The van der Waals surface area contributed by atoms with Crippen LogP contribution in [0.1, 0.15) is 10.6 Å². The van der Waals surface area contributed by atoms with E-state index < -0.39 is 0 Å². The molecular formula is C17H11BrN2O2. The number of furan rings is 1. The number of para-hydroxylation sites is 1. The lowest BCUT2D eigenvalue weighted by Gasteiger charge is -2.03. The van der Waals surface area contributed by atoms with Gasteiger partial charge in [-0.25, -0.2) is 0 Å². The molecule has 4 aromatic rings. The molecule has 0 fully saturated rings. The minimum atomic E-state index is -0.236. The van der Waals surface area contributed by atoms with Crippen LogP contribution in [0.4, 0.5) is 5.69 Å². The fourth-order valence-corrected chi connectivity index (χ4v) is 2.96. The molecule has 0 radical (unpaired) electrons. The molecule has 0 aliphatic carbocycles. The van der Waals surface area contributed by atoms with Crippen LogP contribution in [-0.2, 0) is 0 Å². The molecule has 0 unspecified atom stereocenters.